The number of sulfonamides is 1. The molecule has 0 bridgehead atoms. The predicted molar refractivity (Wildman–Crippen MR) is 135 cm³/mol. The van der Waals surface area contributed by atoms with Crippen LogP contribution in [-0.2, 0) is 16.2 Å². The summed E-state index contributed by atoms with van der Waals surface area (Å²) in [6.45, 7) is 4.10. The maximum atomic E-state index is 13.4. The molecule has 0 amide bonds. The second kappa shape index (κ2) is 10.3. The summed E-state index contributed by atoms with van der Waals surface area (Å²) in [4.78, 5) is 10.3. The Bertz CT molecular complexity index is 1520. The Labute approximate surface area is 217 Å². The summed E-state index contributed by atoms with van der Waals surface area (Å²) in [6, 6.07) is 12.0. The van der Waals surface area contributed by atoms with Crippen LogP contribution in [0.5, 0.6) is 0 Å². The molecule has 2 aromatic heterocycles. The van der Waals surface area contributed by atoms with E-state index in [2.05, 4.69) is 25.3 Å². The van der Waals surface area contributed by atoms with Crippen LogP contribution in [-0.4, -0.2) is 71.5 Å². The SMILES string of the molecule is CC(CN1CCN(S(=O)(=O)c2cccc(-c3ccno3)c2)CC1)Nc1ncnc2c(C(F)(F)F)cccc12. The molecule has 2 aromatic carbocycles. The van der Waals surface area contributed by atoms with Gasteiger partial charge in [-0.05, 0) is 31.2 Å². The molecule has 1 saturated heterocycles. The smallest absolute Gasteiger partial charge is 0.366 e. The van der Waals surface area contributed by atoms with Crippen LogP contribution in [0.25, 0.3) is 22.2 Å². The number of nitrogens with one attached hydrogen (secondary N) is 1. The van der Waals surface area contributed by atoms with Crippen molar-refractivity contribution < 1.29 is 26.1 Å². The van der Waals surface area contributed by atoms with Crippen molar-refractivity contribution in [3.63, 3.8) is 0 Å². The first-order valence-electron chi connectivity index (χ1n) is 11.9. The molecule has 13 heteroatoms. The number of para-hydroxylation sites is 1. The third-order valence-electron chi connectivity index (χ3n) is 6.41. The van der Waals surface area contributed by atoms with Gasteiger partial charge < -0.3 is 9.84 Å². The molecule has 1 aliphatic heterocycles. The van der Waals surface area contributed by atoms with Gasteiger partial charge in [0.05, 0.1) is 22.2 Å². The van der Waals surface area contributed by atoms with Crippen molar-refractivity contribution in [3.8, 4) is 11.3 Å². The van der Waals surface area contributed by atoms with E-state index in [1.165, 1.54) is 16.6 Å². The molecule has 9 nitrogen and oxygen atoms in total. The Morgan fingerprint density at radius 3 is 2.53 bits per heavy atom. The van der Waals surface area contributed by atoms with Crippen molar-refractivity contribution in [1.29, 1.82) is 0 Å². The van der Waals surface area contributed by atoms with E-state index in [-0.39, 0.29) is 21.8 Å². The molecular weight excluding hydrogens is 521 g/mol. The van der Waals surface area contributed by atoms with Crippen LogP contribution in [0.4, 0.5) is 19.0 Å². The van der Waals surface area contributed by atoms with E-state index in [0.29, 0.717) is 49.9 Å². The number of rotatable bonds is 7. The molecule has 1 fully saturated rings. The van der Waals surface area contributed by atoms with Gasteiger partial charge in [0.1, 0.15) is 12.1 Å². The Kier molecular flexibility index (Phi) is 7.07. The highest BCUT2D eigenvalue weighted by molar-refractivity contribution is 7.89. The molecule has 3 heterocycles. The van der Waals surface area contributed by atoms with Gasteiger partial charge in [-0.15, -0.1) is 0 Å². The summed E-state index contributed by atoms with van der Waals surface area (Å²) < 4.78 is 73.3. The largest absolute Gasteiger partial charge is 0.418 e. The van der Waals surface area contributed by atoms with Gasteiger partial charge in [-0.1, -0.05) is 23.4 Å². The van der Waals surface area contributed by atoms with Crippen molar-refractivity contribution in [2.24, 2.45) is 0 Å². The maximum absolute atomic E-state index is 13.4. The van der Waals surface area contributed by atoms with Crippen LogP contribution in [0.3, 0.4) is 0 Å². The fraction of sp³-hybridized carbons (Fsp3) is 0.320. The zero-order valence-corrected chi connectivity index (χ0v) is 21.2. The molecule has 0 radical (unpaired) electrons. The second-order valence-electron chi connectivity index (χ2n) is 9.08. The lowest BCUT2D eigenvalue weighted by Crippen LogP contribution is -2.50. The van der Waals surface area contributed by atoms with E-state index in [9.17, 15) is 21.6 Å². The molecule has 4 aromatic rings. The first-order valence-corrected chi connectivity index (χ1v) is 13.4. The van der Waals surface area contributed by atoms with Gasteiger partial charge in [0.2, 0.25) is 10.0 Å². The summed E-state index contributed by atoms with van der Waals surface area (Å²) >= 11 is 0. The average molecular weight is 547 g/mol. The molecule has 1 N–H and O–H groups in total. The standard InChI is InChI=1S/C25H25F3N6O3S/c1-17(32-24-20-6-3-7-21(25(26,27)28)23(20)29-16-30-24)15-33-10-12-34(13-11-33)38(35,36)19-5-2-4-18(14-19)22-8-9-31-37-22/h2-9,14,16-17H,10-13,15H2,1H3,(H,29,30,32). The number of piperazine rings is 1. The average Bonchev–Trinajstić information content (AvgIpc) is 3.44. The monoisotopic (exact) mass is 546 g/mol. The zero-order chi connectivity index (χ0) is 26.9. The molecule has 0 aliphatic carbocycles. The number of aromatic nitrogens is 3. The number of fused-ring (bicyclic) bond motifs is 1. The summed E-state index contributed by atoms with van der Waals surface area (Å²) in [5.41, 5.74) is -0.339. The van der Waals surface area contributed by atoms with Crippen LogP contribution in [0.1, 0.15) is 12.5 Å². The molecule has 1 unspecified atom stereocenters. The molecule has 0 saturated carbocycles. The highest BCUT2D eigenvalue weighted by atomic mass is 32.2. The summed E-state index contributed by atoms with van der Waals surface area (Å²) in [5.74, 6) is 0.806. The Morgan fingerprint density at radius 1 is 1.05 bits per heavy atom. The van der Waals surface area contributed by atoms with Gasteiger partial charge >= 0.3 is 6.18 Å². The predicted octanol–water partition coefficient (Wildman–Crippen LogP) is 4.11. The lowest BCUT2D eigenvalue weighted by atomic mass is 10.1. The van der Waals surface area contributed by atoms with Gasteiger partial charge in [-0.3, -0.25) is 4.90 Å². The van der Waals surface area contributed by atoms with Crippen molar-refractivity contribution in [2.75, 3.05) is 38.0 Å². The highest BCUT2D eigenvalue weighted by Crippen LogP contribution is 2.35. The number of benzene rings is 2. The van der Waals surface area contributed by atoms with Crippen LogP contribution in [0.2, 0.25) is 0 Å². The van der Waals surface area contributed by atoms with Crippen molar-refractivity contribution in [3.05, 3.63) is 66.6 Å². The number of halogens is 3. The number of hydrogen-bond donors (Lipinski definition) is 1. The molecular formula is C25H25F3N6O3S. The molecule has 5 rings (SSSR count). The van der Waals surface area contributed by atoms with E-state index in [1.54, 1.807) is 36.4 Å². The Balaban J connectivity index is 1.22. The topological polar surface area (TPSA) is 104 Å². The minimum atomic E-state index is -4.52. The summed E-state index contributed by atoms with van der Waals surface area (Å²) in [6.07, 6.45) is -1.90. The van der Waals surface area contributed by atoms with Gasteiger partial charge in [0.15, 0.2) is 5.76 Å². The zero-order valence-electron chi connectivity index (χ0n) is 20.4. The van der Waals surface area contributed by atoms with Crippen LogP contribution in [0, 0.1) is 0 Å². The maximum Gasteiger partial charge on any atom is 0.418 e. The van der Waals surface area contributed by atoms with Crippen LogP contribution < -0.4 is 5.32 Å². The molecule has 1 atom stereocenters. The van der Waals surface area contributed by atoms with Crippen LogP contribution in [0.15, 0.2) is 70.5 Å². The molecule has 38 heavy (non-hydrogen) atoms. The van der Waals surface area contributed by atoms with Crippen molar-refractivity contribution in [1.82, 2.24) is 24.3 Å². The van der Waals surface area contributed by atoms with Gasteiger partial charge in [-0.2, -0.15) is 17.5 Å². The normalized spacial score (nSPS) is 16.5. The number of anilines is 1. The lowest BCUT2D eigenvalue weighted by molar-refractivity contribution is -0.136. The fourth-order valence-corrected chi connectivity index (χ4v) is 6.04. The Hall–Kier alpha value is -3.55. The lowest BCUT2D eigenvalue weighted by Gasteiger charge is -2.35. The minimum absolute atomic E-state index is 0.157. The first-order chi connectivity index (χ1) is 18.1. The molecule has 200 valence electrons. The Morgan fingerprint density at radius 2 is 1.82 bits per heavy atom. The molecule has 0 spiro atoms. The first kappa shape index (κ1) is 26.1. The molecule has 1 aliphatic rings. The number of nitrogens with zero attached hydrogens (tertiary/aromatic N) is 5. The van der Waals surface area contributed by atoms with E-state index in [1.807, 2.05) is 6.92 Å². The van der Waals surface area contributed by atoms with Crippen molar-refractivity contribution in [2.45, 2.75) is 24.0 Å². The fourth-order valence-electron chi connectivity index (χ4n) is 4.57. The van der Waals surface area contributed by atoms with Crippen molar-refractivity contribution >= 4 is 26.7 Å². The summed E-state index contributed by atoms with van der Waals surface area (Å²) in [5, 5.41) is 7.15. The quantitative estimate of drug-likeness (QED) is 0.369. The van der Waals surface area contributed by atoms with E-state index in [4.69, 9.17) is 4.52 Å². The van der Waals surface area contributed by atoms with Gasteiger partial charge in [-0.25, -0.2) is 18.4 Å². The van der Waals surface area contributed by atoms with Crippen LogP contribution >= 0.6 is 0 Å². The van der Waals surface area contributed by atoms with E-state index < -0.39 is 21.8 Å². The van der Waals surface area contributed by atoms with Gasteiger partial charge in [0, 0.05) is 55.8 Å². The van der Waals surface area contributed by atoms with E-state index in [0.717, 1.165) is 12.4 Å². The van der Waals surface area contributed by atoms with E-state index >= 15 is 0 Å². The third kappa shape index (κ3) is 5.35. The minimum Gasteiger partial charge on any atom is -0.366 e. The number of alkyl halides is 3. The number of hydrogen-bond acceptors (Lipinski definition) is 8. The van der Waals surface area contributed by atoms with Gasteiger partial charge in [0.25, 0.3) is 0 Å². The third-order valence-corrected chi connectivity index (χ3v) is 8.31. The summed E-state index contributed by atoms with van der Waals surface area (Å²) in [7, 11) is -3.70. The highest BCUT2D eigenvalue weighted by Gasteiger charge is 2.34. The second-order valence-corrected chi connectivity index (χ2v) is 11.0.